The van der Waals surface area contributed by atoms with E-state index in [-0.39, 0.29) is 18.4 Å². The summed E-state index contributed by atoms with van der Waals surface area (Å²) in [7, 11) is 4.14. The Morgan fingerprint density at radius 2 is 1.85 bits per heavy atom. The molecule has 1 saturated heterocycles. The molecule has 0 saturated carbocycles. The van der Waals surface area contributed by atoms with Crippen molar-refractivity contribution in [3.63, 3.8) is 0 Å². The first-order valence-electron chi connectivity index (χ1n) is 17.0. The molecule has 0 aromatic heterocycles. The fourth-order valence-electron chi connectivity index (χ4n) is 6.76. The first kappa shape index (κ1) is 35.7. The number of hydrogen-bond donors (Lipinski definition) is 3. The highest BCUT2D eigenvalue weighted by molar-refractivity contribution is 5.82. The number of benzene rings is 2. The molecule has 0 radical (unpaired) electrons. The van der Waals surface area contributed by atoms with Crippen LogP contribution in [0, 0.1) is 23.7 Å². The van der Waals surface area contributed by atoms with Crippen molar-refractivity contribution in [3.05, 3.63) is 77.4 Å². The molecule has 1 amide bonds. The van der Waals surface area contributed by atoms with Gasteiger partial charge in [0.1, 0.15) is 12.1 Å². The van der Waals surface area contributed by atoms with Crippen molar-refractivity contribution < 1.29 is 19.8 Å². The molecule has 3 N–H and O–H groups in total. The van der Waals surface area contributed by atoms with Gasteiger partial charge in [0.2, 0.25) is 5.91 Å². The van der Waals surface area contributed by atoms with Gasteiger partial charge in [-0.25, -0.2) is 0 Å². The van der Waals surface area contributed by atoms with Gasteiger partial charge < -0.3 is 20.4 Å². The molecule has 46 heavy (non-hydrogen) atoms. The Labute approximate surface area is 276 Å². The summed E-state index contributed by atoms with van der Waals surface area (Å²) < 4.78 is 0. The maximum atomic E-state index is 13.7. The van der Waals surface area contributed by atoms with Crippen LogP contribution in [-0.2, 0) is 16.2 Å². The SMILES string of the molecule is CCCC1=C(C#CCN(C)Cc2ccccc2)CC(CN2O[C@H](CO)[C@H]([C@@H](C)O)[C@@H]2C(=O)NCCCN(C)c2ccccc2)CC1. The van der Waals surface area contributed by atoms with Crippen molar-refractivity contribution in [2.24, 2.45) is 11.8 Å². The Morgan fingerprint density at radius 3 is 2.52 bits per heavy atom. The number of amides is 1. The Balaban J connectivity index is 1.38. The average molecular weight is 631 g/mol. The molecule has 8 nitrogen and oxygen atoms in total. The second-order valence-corrected chi connectivity index (χ2v) is 13.0. The largest absolute Gasteiger partial charge is 0.394 e. The highest BCUT2D eigenvalue weighted by Crippen LogP contribution is 2.36. The maximum Gasteiger partial charge on any atom is 0.240 e. The van der Waals surface area contributed by atoms with Crippen molar-refractivity contribution >= 4 is 11.6 Å². The topological polar surface area (TPSA) is 88.5 Å². The first-order valence-corrected chi connectivity index (χ1v) is 17.0. The van der Waals surface area contributed by atoms with Gasteiger partial charge in [-0.05, 0) is 69.7 Å². The van der Waals surface area contributed by atoms with Crippen molar-refractivity contribution in [1.29, 1.82) is 0 Å². The van der Waals surface area contributed by atoms with Gasteiger partial charge >= 0.3 is 0 Å². The number of anilines is 1. The summed E-state index contributed by atoms with van der Waals surface area (Å²) in [5.74, 6) is 6.53. The summed E-state index contributed by atoms with van der Waals surface area (Å²) in [4.78, 5) is 24.2. The van der Waals surface area contributed by atoms with Crippen LogP contribution in [0.5, 0.6) is 0 Å². The summed E-state index contributed by atoms with van der Waals surface area (Å²) in [6, 6.07) is 19.9. The van der Waals surface area contributed by atoms with E-state index in [1.807, 2.05) is 31.3 Å². The van der Waals surface area contributed by atoms with Crippen LogP contribution in [0.3, 0.4) is 0 Å². The summed E-state index contributed by atoms with van der Waals surface area (Å²) in [6.07, 6.45) is 4.32. The molecule has 1 aliphatic heterocycles. The van der Waals surface area contributed by atoms with Crippen molar-refractivity contribution in [2.45, 2.75) is 77.2 Å². The molecule has 1 unspecified atom stereocenters. The fourth-order valence-corrected chi connectivity index (χ4v) is 6.76. The van der Waals surface area contributed by atoms with Gasteiger partial charge in [-0.1, -0.05) is 79.3 Å². The van der Waals surface area contributed by atoms with Crippen LogP contribution < -0.4 is 10.2 Å². The Hall–Kier alpha value is -3.19. The summed E-state index contributed by atoms with van der Waals surface area (Å²) in [5, 5.41) is 25.7. The second kappa shape index (κ2) is 18.2. The minimum Gasteiger partial charge on any atom is -0.394 e. The molecular formula is C38H54N4O4. The Morgan fingerprint density at radius 1 is 1.13 bits per heavy atom. The van der Waals surface area contributed by atoms with E-state index in [2.05, 4.69) is 77.3 Å². The number of aliphatic hydroxyl groups is 2. The quantitative estimate of drug-likeness (QED) is 0.195. The van der Waals surface area contributed by atoms with Crippen molar-refractivity contribution in [2.75, 3.05) is 51.8 Å². The van der Waals surface area contributed by atoms with Gasteiger partial charge in [0.05, 0.1) is 19.3 Å². The number of carbonyl (C=O) groups is 1. The molecule has 1 aliphatic carbocycles. The molecule has 1 fully saturated rings. The molecular weight excluding hydrogens is 576 g/mol. The smallest absolute Gasteiger partial charge is 0.240 e. The van der Waals surface area contributed by atoms with Crippen LogP contribution >= 0.6 is 0 Å². The molecule has 2 aromatic carbocycles. The number of rotatable bonds is 15. The van der Waals surface area contributed by atoms with E-state index in [4.69, 9.17) is 4.84 Å². The van der Waals surface area contributed by atoms with Gasteiger partial charge in [-0.15, -0.1) is 0 Å². The molecule has 250 valence electrons. The van der Waals surface area contributed by atoms with E-state index >= 15 is 0 Å². The van der Waals surface area contributed by atoms with Crippen LogP contribution in [0.4, 0.5) is 5.69 Å². The van der Waals surface area contributed by atoms with E-state index in [1.165, 1.54) is 16.7 Å². The lowest BCUT2D eigenvalue weighted by Gasteiger charge is -2.31. The zero-order valence-electron chi connectivity index (χ0n) is 28.2. The lowest BCUT2D eigenvalue weighted by Crippen LogP contribution is -2.50. The highest BCUT2D eigenvalue weighted by atomic mass is 16.7. The predicted molar refractivity (Wildman–Crippen MR) is 185 cm³/mol. The van der Waals surface area contributed by atoms with E-state index in [1.54, 1.807) is 12.0 Å². The number of carbonyl (C=O) groups excluding carboxylic acids is 1. The van der Waals surface area contributed by atoms with Gasteiger partial charge in [-0.2, -0.15) is 5.06 Å². The molecule has 2 aromatic rings. The number of hydroxylamine groups is 2. The van der Waals surface area contributed by atoms with Crippen LogP contribution in [-0.4, -0.2) is 91.2 Å². The third-order valence-corrected chi connectivity index (χ3v) is 9.19. The van der Waals surface area contributed by atoms with E-state index in [9.17, 15) is 15.0 Å². The number of hydrogen-bond acceptors (Lipinski definition) is 7. The fraction of sp³-hybridized carbons (Fsp3) is 0.553. The van der Waals surface area contributed by atoms with Gasteiger partial charge in [0.25, 0.3) is 0 Å². The van der Waals surface area contributed by atoms with Crippen molar-refractivity contribution in [1.82, 2.24) is 15.3 Å². The van der Waals surface area contributed by atoms with Crippen LogP contribution in [0.15, 0.2) is 71.8 Å². The minimum absolute atomic E-state index is 0.163. The Kier molecular flexibility index (Phi) is 14.1. The lowest BCUT2D eigenvalue weighted by atomic mass is 9.82. The normalized spacial score (nSPS) is 22.4. The molecule has 2 aliphatic rings. The zero-order valence-corrected chi connectivity index (χ0v) is 28.2. The molecule has 0 bridgehead atoms. The average Bonchev–Trinajstić information content (AvgIpc) is 3.43. The Bertz CT molecular complexity index is 1310. The third kappa shape index (κ3) is 10.2. The van der Waals surface area contributed by atoms with Gasteiger partial charge in [0.15, 0.2) is 0 Å². The van der Waals surface area contributed by atoms with Crippen molar-refractivity contribution in [3.8, 4) is 11.8 Å². The second-order valence-electron chi connectivity index (χ2n) is 13.0. The van der Waals surface area contributed by atoms with Gasteiger partial charge in [-0.3, -0.25) is 14.5 Å². The minimum atomic E-state index is -0.807. The monoisotopic (exact) mass is 630 g/mol. The highest BCUT2D eigenvalue weighted by Gasteiger charge is 2.49. The summed E-state index contributed by atoms with van der Waals surface area (Å²) >= 11 is 0. The third-order valence-electron chi connectivity index (χ3n) is 9.19. The number of para-hydroxylation sites is 1. The van der Waals surface area contributed by atoms with E-state index in [0.29, 0.717) is 19.6 Å². The lowest BCUT2D eigenvalue weighted by molar-refractivity contribution is -0.182. The number of nitrogens with one attached hydrogen (secondary N) is 1. The summed E-state index contributed by atoms with van der Waals surface area (Å²) in [6.45, 7) is 7.05. The predicted octanol–water partition coefficient (Wildman–Crippen LogP) is 4.64. The standard InChI is InChI=1S/C38H54N4O4/c1-5-14-32-21-20-31(25-33(32)17-12-23-40(3)26-30-15-8-6-9-16-30)27-42-37(36(29(2)44)35(28-43)46-42)38(45)39-22-13-24-41(4)34-18-10-7-11-19-34/h6-11,15-16,18-19,29,31,35-37,43-44H,5,13-14,20-28H2,1-4H3,(H,39,45)/t29-,31?,35-,36+,37-/m1/s1. The molecule has 5 atom stereocenters. The number of nitrogens with zero attached hydrogens (tertiary/aromatic N) is 3. The molecule has 1 heterocycles. The van der Waals surface area contributed by atoms with E-state index in [0.717, 1.165) is 57.3 Å². The number of allylic oxidation sites excluding steroid dienone is 2. The van der Waals surface area contributed by atoms with Crippen LogP contribution in [0.25, 0.3) is 0 Å². The molecule has 4 rings (SSSR count). The number of aliphatic hydroxyl groups excluding tert-OH is 2. The van der Waals surface area contributed by atoms with Crippen LogP contribution in [0.1, 0.15) is 57.9 Å². The first-order chi connectivity index (χ1) is 22.3. The van der Waals surface area contributed by atoms with Gasteiger partial charge in [0, 0.05) is 50.4 Å². The molecule has 0 spiro atoms. The van der Waals surface area contributed by atoms with E-state index < -0.39 is 24.2 Å². The maximum absolute atomic E-state index is 13.7. The molecule has 8 heteroatoms. The zero-order chi connectivity index (χ0) is 32.9. The summed E-state index contributed by atoms with van der Waals surface area (Å²) in [5.41, 5.74) is 5.08. The van der Waals surface area contributed by atoms with Crippen LogP contribution in [0.2, 0.25) is 0 Å².